The number of benzene rings is 1. The summed E-state index contributed by atoms with van der Waals surface area (Å²) in [6.07, 6.45) is 2.35. The highest BCUT2D eigenvalue weighted by Gasteiger charge is 2.15. The lowest BCUT2D eigenvalue weighted by Crippen LogP contribution is -2.31. The van der Waals surface area contributed by atoms with Crippen molar-refractivity contribution in [1.29, 1.82) is 0 Å². The number of ether oxygens (including phenoxy) is 1. The molecule has 0 amide bonds. The first-order valence-corrected chi connectivity index (χ1v) is 5.78. The van der Waals surface area contributed by atoms with E-state index in [2.05, 4.69) is 9.72 Å². The molecule has 19 heavy (non-hydrogen) atoms. The van der Waals surface area contributed by atoms with Crippen LogP contribution >= 0.6 is 0 Å². The molecular formula is C13H14N2O4. The second-order valence-corrected chi connectivity index (χ2v) is 4.23. The molecule has 0 aliphatic heterocycles. The van der Waals surface area contributed by atoms with Crippen LogP contribution < -0.4 is 5.73 Å². The maximum absolute atomic E-state index is 10.8. The third kappa shape index (κ3) is 3.11. The third-order valence-corrected chi connectivity index (χ3v) is 2.76. The number of rotatable bonds is 4. The normalized spacial score (nSPS) is 12.3. The van der Waals surface area contributed by atoms with Crippen molar-refractivity contribution in [2.75, 3.05) is 6.61 Å². The van der Waals surface area contributed by atoms with E-state index < -0.39 is 18.0 Å². The molecule has 0 aliphatic rings. The minimum absolute atomic E-state index is 0.120. The van der Waals surface area contributed by atoms with Crippen LogP contribution in [0.2, 0.25) is 0 Å². The molecule has 4 N–H and O–H groups in total. The highest BCUT2D eigenvalue weighted by atomic mass is 16.6. The monoisotopic (exact) mass is 262 g/mol. The van der Waals surface area contributed by atoms with Crippen LogP contribution in [-0.2, 0) is 20.7 Å². The van der Waals surface area contributed by atoms with Crippen LogP contribution in [0.5, 0.6) is 0 Å². The predicted octanol–water partition coefficient (Wildman–Crippen LogP) is 0.666. The first kappa shape index (κ1) is 13.1. The zero-order chi connectivity index (χ0) is 13.8. The zero-order valence-corrected chi connectivity index (χ0v) is 10.1. The molecule has 0 saturated heterocycles. The quantitative estimate of drug-likeness (QED) is 0.554. The van der Waals surface area contributed by atoms with Gasteiger partial charge in [0.2, 0.25) is 0 Å². The fourth-order valence-corrected chi connectivity index (χ4v) is 1.89. The SMILES string of the molecule is N[C@@H](COC(=O)C(=O)O)Cc1c[nH]c2ccccc12. The molecule has 6 nitrogen and oxygen atoms in total. The van der Waals surface area contributed by atoms with E-state index in [-0.39, 0.29) is 6.61 Å². The average molecular weight is 262 g/mol. The topological polar surface area (TPSA) is 105 Å². The number of esters is 1. The standard InChI is InChI=1S/C13H14N2O4/c14-9(7-19-13(18)12(16)17)5-8-6-15-11-4-2-1-3-10(8)11/h1-4,6,9,15H,5,7,14H2,(H,16,17)/t9-/m1/s1. The van der Waals surface area contributed by atoms with Crippen molar-refractivity contribution in [1.82, 2.24) is 4.98 Å². The van der Waals surface area contributed by atoms with Gasteiger partial charge in [-0.3, -0.25) is 0 Å². The molecule has 0 aliphatic carbocycles. The number of carbonyl (C=O) groups excluding carboxylic acids is 1. The first-order chi connectivity index (χ1) is 9.08. The smallest absolute Gasteiger partial charge is 0.417 e. The van der Waals surface area contributed by atoms with Crippen LogP contribution in [-0.4, -0.2) is 34.7 Å². The van der Waals surface area contributed by atoms with E-state index in [0.717, 1.165) is 16.5 Å². The number of nitrogens with one attached hydrogen (secondary N) is 1. The van der Waals surface area contributed by atoms with Gasteiger partial charge in [-0.2, -0.15) is 0 Å². The van der Waals surface area contributed by atoms with Crippen LogP contribution in [0.15, 0.2) is 30.5 Å². The summed E-state index contributed by atoms with van der Waals surface area (Å²) in [5.74, 6) is -2.89. The largest absolute Gasteiger partial charge is 0.473 e. The molecule has 0 radical (unpaired) electrons. The highest BCUT2D eigenvalue weighted by molar-refractivity contribution is 6.28. The van der Waals surface area contributed by atoms with E-state index in [1.807, 2.05) is 30.5 Å². The summed E-state index contributed by atoms with van der Waals surface area (Å²) in [5, 5.41) is 9.43. The molecule has 2 aromatic rings. The number of aromatic nitrogens is 1. The van der Waals surface area contributed by atoms with E-state index >= 15 is 0 Å². The van der Waals surface area contributed by atoms with Gasteiger partial charge in [0.1, 0.15) is 6.61 Å². The van der Waals surface area contributed by atoms with Crippen LogP contribution in [0.1, 0.15) is 5.56 Å². The van der Waals surface area contributed by atoms with E-state index in [0.29, 0.717) is 6.42 Å². The number of hydrogen-bond acceptors (Lipinski definition) is 4. The molecule has 100 valence electrons. The van der Waals surface area contributed by atoms with Gasteiger partial charge in [-0.1, -0.05) is 18.2 Å². The summed E-state index contributed by atoms with van der Waals surface area (Å²) in [7, 11) is 0. The summed E-state index contributed by atoms with van der Waals surface area (Å²) in [5.41, 5.74) is 7.84. The fraction of sp³-hybridized carbons (Fsp3) is 0.231. The van der Waals surface area contributed by atoms with Gasteiger partial charge in [-0.15, -0.1) is 0 Å². The van der Waals surface area contributed by atoms with Crippen molar-refractivity contribution < 1.29 is 19.4 Å². The van der Waals surface area contributed by atoms with Crippen LogP contribution in [0.3, 0.4) is 0 Å². The average Bonchev–Trinajstić information content (AvgIpc) is 2.79. The Hall–Kier alpha value is -2.34. The molecule has 1 aromatic heterocycles. The second kappa shape index (κ2) is 5.53. The van der Waals surface area contributed by atoms with Crippen molar-refractivity contribution >= 4 is 22.8 Å². The lowest BCUT2D eigenvalue weighted by molar-refractivity contribution is -0.164. The van der Waals surface area contributed by atoms with Gasteiger partial charge >= 0.3 is 11.9 Å². The number of nitrogens with two attached hydrogens (primary N) is 1. The Morgan fingerprint density at radius 2 is 2.11 bits per heavy atom. The summed E-state index contributed by atoms with van der Waals surface area (Å²) in [6, 6.07) is 7.33. The molecule has 0 bridgehead atoms. The summed E-state index contributed by atoms with van der Waals surface area (Å²) in [6.45, 7) is -0.120. The van der Waals surface area contributed by atoms with Crippen LogP contribution in [0, 0.1) is 0 Å². The highest BCUT2D eigenvalue weighted by Crippen LogP contribution is 2.18. The maximum Gasteiger partial charge on any atom is 0.417 e. The van der Waals surface area contributed by atoms with E-state index in [9.17, 15) is 9.59 Å². The summed E-state index contributed by atoms with van der Waals surface area (Å²) in [4.78, 5) is 24.2. The number of carbonyl (C=O) groups is 2. The first-order valence-electron chi connectivity index (χ1n) is 5.78. The lowest BCUT2D eigenvalue weighted by Gasteiger charge is -2.10. The molecule has 2 rings (SSSR count). The number of fused-ring (bicyclic) bond motifs is 1. The Kier molecular flexibility index (Phi) is 3.82. The van der Waals surface area contributed by atoms with Crippen molar-refractivity contribution in [2.24, 2.45) is 5.73 Å². The Bertz CT molecular complexity index is 605. The van der Waals surface area contributed by atoms with Crippen molar-refractivity contribution in [3.63, 3.8) is 0 Å². The molecule has 6 heteroatoms. The van der Waals surface area contributed by atoms with Crippen LogP contribution in [0.4, 0.5) is 0 Å². The Labute approximate surface area is 109 Å². The molecule has 0 spiro atoms. The van der Waals surface area contributed by atoms with Gasteiger partial charge in [0, 0.05) is 23.1 Å². The van der Waals surface area contributed by atoms with Crippen molar-refractivity contribution in [2.45, 2.75) is 12.5 Å². The number of aromatic amines is 1. The number of hydrogen-bond donors (Lipinski definition) is 3. The minimum Gasteiger partial charge on any atom is -0.473 e. The number of H-pyrrole nitrogens is 1. The Balaban J connectivity index is 1.97. The number of carboxylic acids is 1. The van der Waals surface area contributed by atoms with Gasteiger partial charge in [-0.25, -0.2) is 9.59 Å². The molecule has 0 unspecified atom stereocenters. The lowest BCUT2D eigenvalue weighted by atomic mass is 10.1. The number of aliphatic carboxylic acids is 1. The van der Waals surface area contributed by atoms with Gasteiger partial charge in [0.25, 0.3) is 0 Å². The van der Waals surface area contributed by atoms with Gasteiger partial charge < -0.3 is 20.6 Å². The van der Waals surface area contributed by atoms with Crippen molar-refractivity contribution in [3.05, 3.63) is 36.0 Å². The molecular weight excluding hydrogens is 248 g/mol. The molecule has 0 saturated carbocycles. The number of carboxylic acid groups (broad SMARTS) is 1. The van der Waals surface area contributed by atoms with Crippen LogP contribution in [0.25, 0.3) is 10.9 Å². The fourth-order valence-electron chi connectivity index (χ4n) is 1.89. The minimum atomic E-state index is -1.61. The van der Waals surface area contributed by atoms with E-state index in [1.165, 1.54) is 0 Å². The van der Waals surface area contributed by atoms with Gasteiger partial charge in [0.05, 0.1) is 0 Å². The zero-order valence-electron chi connectivity index (χ0n) is 10.1. The molecule has 1 heterocycles. The van der Waals surface area contributed by atoms with Gasteiger partial charge in [0.15, 0.2) is 0 Å². The predicted molar refractivity (Wildman–Crippen MR) is 68.6 cm³/mol. The molecule has 1 aromatic carbocycles. The number of para-hydroxylation sites is 1. The second-order valence-electron chi connectivity index (χ2n) is 4.23. The molecule has 0 fully saturated rings. The summed E-state index contributed by atoms with van der Waals surface area (Å²) < 4.78 is 4.55. The third-order valence-electron chi connectivity index (χ3n) is 2.76. The summed E-state index contributed by atoms with van der Waals surface area (Å²) >= 11 is 0. The van der Waals surface area contributed by atoms with E-state index in [1.54, 1.807) is 0 Å². The molecule has 1 atom stereocenters. The van der Waals surface area contributed by atoms with Gasteiger partial charge in [-0.05, 0) is 18.1 Å². The van der Waals surface area contributed by atoms with Crippen molar-refractivity contribution in [3.8, 4) is 0 Å². The maximum atomic E-state index is 10.8. The van der Waals surface area contributed by atoms with E-state index in [4.69, 9.17) is 10.8 Å². The Morgan fingerprint density at radius 3 is 2.84 bits per heavy atom. The Morgan fingerprint density at radius 1 is 1.37 bits per heavy atom.